The van der Waals surface area contributed by atoms with E-state index in [0.717, 1.165) is 5.82 Å². The first-order chi connectivity index (χ1) is 9.05. The molecule has 19 heavy (non-hydrogen) atoms. The van der Waals surface area contributed by atoms with Crippen LogP contribution in [0.25, 0.3) is 4.85 Å². The Morgan fingerprint density at radius 3 is 3.00 bits per heavy atom. The zero-order valence-electron chi connectivity index (χ0n) is 11.1. The smallest absolute Gasteiger partial charge is 0.281 e. The Labute approximate surface area is 112 Å². The molecule has 0 bridgehead atoms. The fourth-order valence-corrected chi connectivity index (χ4v) is 3.11. The lowest BCUT2D eigenvalue weighted by Gasteiger charge is -2.32. The third-order valence-corrected chi connectivity index (χ3v) is 4.16. The molecule has 1 fully saturated rings. The van der Waals surface area contributed by atoms with E-state index in [1.54, 1.807) is 12.5 Å². The van der Waals surface area contributed by atoms with Crippen LogP contribution < -0.4 is 5.32 Å². The number of anilines is 1. The third kappa shape index (κ3) is 1.73. The Kier molecular flexibility index (Phi) is 2.61. The highest BCUT2D eigenvalue weighted by molar-refractivity contribution is 5.96. The molecule has 2 aliphatic heterocycles. The number of carbonyl (C=O) groups is 1. The number of carbonyl (C=O) groups excluding carboxylic acids is 1. The van der Waals surface area contributed by atoms with E-state index >= 15 is 0 Å². The molecule has 1 aromatic rings. The van der Waals surface area contributed by atoms with E-state index in [1.807, 2.05) is 4.57 Å². The van der Waals surface area contributed by atoms with Crippen LogP contribution in [0, 0.1) is 12.0 Å². The molecule has 6 heteroatoms. The summed E-state index contributed by atoms with van der Waals surface area (Å²) in [6.45, 7) is 12.7. The summed E-state index contributed by atoms with van der Waals surface area (Å²) in [6.07, 6.45) is 3.79. The average molecular weight is 259 g/mol. The van der Waals surface area contributed by atoms with Crippen molar-refractivity contribution in [2.75, 3.05) is 11.9 Å². The minimum absolute atomic E-state index is 0.0253. The van der Waals surface area contributed by atoms with Crippen LogP contribution in [-0.2, 0) is 11.3 Å². The van der Waals surface area contributed by atoms with Gasteiger partial charge in [0, 0.05) is 19.1 Å². The van der Waals surface area contributed by atoms with Gasteiger partial charge in [-0.05, 0) is 13.8 Å². The Morgan fingerprint density at radius 2 is 2.37 bits per heavy atom. The molecule has 0 radical (unpaired) electrons. The van der Waals surface area contributed by atoms with Crippen LogP contribution in [-0.4, -0.2) is 39.1 Å². The fraction of sp³-hybridized carbons (Fsp3) is 0.615. The van der Waals surface area contributed by atoms with E-state index in [9.17, 15) is 4.79 Å². The van der Waals surface area contributed by atoms with Crippen molar-refractivity contribution in [2.24, 2.45) is 5.41 Å². The molecule has 1 N–H and O–H groups in total. The van der Waals surface area contributed by atoms with Crippen LogP contribution in [0.5, 0.6) is 0 Å². The van der Waals surface area contributed by atoms with E-state index in [0.29, 0.717) is 19.5 Å². The van der Waals surface area contributed by atoms with Gasteiger partial charge in [-0.3, -0.25) is 9.64 Å². The maximum Gasteiger partial charge on any atom is 0.281 e. The molecule has 2 unspecified atom stereocenters. The Bertz CT molecular complexity index is 558. The molecule has 1 amide bonds. The van der Waals surface area contributed by atoms with Crippen LogP contribution in [0.2, 0.25) is 0 Å². The van der Waals surface area contributed by atoms with Gasteiger partial charge in [0.15, 0.2) is 0 Å². The van der Waals surface area contributed by atoms with Crippen LogP contribution in [0.3, 0.4) is 0 Å². The number of imidazole rings is 1. The fourth-order valence-electron chi connectivity index (χ4n) is 3.11. The van der Waals surface area contributed by atoms with Gasteiger partial charge in [-0.2, -0.15) is 0 Å². The Morgan fingerprint density at radius 1 is 1.58 bits per heavy atom. The molecule has 1 saturated heterocycles. The normalized spacial score (nSPS) is 30.4. The van der Waals surface area contributed by atoms with Crippen molar-refractivity contribution in [3.8, 4) is 0 Å². The van der Waals surface area contributed by atoms with Crippen molar-refractivity contribution in [1.82, 2.24) is 14.5 Å². The lowest BCUT2D eigenvalue weighted by atomic mass is 9.84. The first kappa shape index (κ1) is 12.2. The van der Waals surface area contributed by atoms with E-state index in [2.05, 4.69) is 33.9 Å². The van der Waals surface area contributed by atoms with Crippen LogP contribution in [0.4, 0.5) is 5.82 Å². The predicted octanol–water partition coefficient (Wildman–Crippen LogP) is 1.18. The van der Waals surface area contributed by atoms with E-state index in [-0.39, 0.29) is 18.1 Å². The number of rotatable bonds is 1. The second-order valence-electron chi connectivity index (χ2n) is 5.72. The van der Waals surface area contributed by atoms with Gasteiger partial charge in [-0.25, -0.2) is 16.5 Å². The zero-order valence-corrected chi connectivity index (χ0v) is 11.1. The standard InChI is InChI=1S/C13H17N5O/c1-9(2)18-7-13(4-10(18)14-3)6-17-8-15-5-11(17)16-12(13)19/h5,8-10H,4,6-7H2,1-2H3,(H,16,19). The van der Waals surface area contributed by atoms with Gasteiger partial charge < -0.3 is 9.88 Å². The number of fused-ring (bicyclic) bond motifs is 1. The summed E-state index contributed by atoms with van der Waals surface area (Å²) < 4.78 is 1.96. The summed E-state index contributed by atoms with van der Waals surface area (Å²) in [7, 11) is 0. The maximum atomic E-state index is 12.4. The molecule has 2 aliphatic rings. The van der Waals surface area contributed by atoms with E-state index < -0.39 is 5.41 Å². The zero-order chi connectivity index (χ0) is 13.6. The van der Waals surface area contributed by atoms with Crippen molar-refractivity contribution >= 4 is 11.7 Å². The topological polar surface area (TPSA) is 54.5 Å². The number of amides is 1. The second-order valence-corrected chi connectivity index (χ2v) is 5.72. The highest BCUT2D eigenvalue weighted by Gasteiger charge is 2.54. The van der Waals surface area contributed by atoms with Crippen molar-refractivity contribution < 1.29 is 4.79 Å². The summed E-state index contributed by atoms with van der Waals surface area (Å²) in [5, 5.41) is 2.91. The lowest BCUT2D eigenvalue weighted by molar-refractivity contribution is -0.126. The molecular weight excluding hydrogens is 242 g/mol. The molecular formula is C13H17N5O. The van der Waals surface area contributed by atoms with Gasteiger partial charge in [0.25, 0.3) is 6.17 Å². The molecule has 3 rings (SSSR count). The van der Waals surface area contributed by atoms with Crippen LogP contribution in [0.1, 0.15) is 20.3 Å². The number of hydrogen-bond acceptors (Lipinski definition) is 3. The van der Waals surface area contributed by atoms with Crippen molar-refractivity contribution in [1.29, 1.82) is 0 Å². The molecule has 0 aromatic carbocycles. The summed E-state index contributed by atoms with van der Waals surface area (Å²) in [6, 6.07) is 0.274. The van der Waals surface area contributed by atoms with Gasteiger partial charge >= 0.3 is 0 Å². The molecule has 6 nitrogen and oxygen atoms in total. The third-order valence-electron chi connectivity index (χ3n) is 4.16. The molecule has 0 aliphatic carbocycles. The highest BCUT2D eigenvalue weighted by Crippen LogP contribution is 2.41. The lowest BCUT2D eigenvalue weighted by Crippen LogP contribution is -2.46. The SMILES string of the molecule is [C-]#[N+]C1CC2(CN1C(C)C)Cn1cncc1NC2=O. The molecule has 1 spiro atoms. The largest absolute Gasteiger partial charge is 0.316 e. The van der Waals surface area contributed by atoms with Crippen LogP contribution in [0.15, 0.2) is 12.5 Å². The number of nitrogens with zero attached hydrogens (tertiary/aromatic N) is 4. The molecule has 1 aromatic heterocycles. The first-order valence-corrected chi connectivity index (χ1v) is 6.50. The first-order valence-electron chi connectivity index (χ1n) is 6.50. The molecule has 2 atom stereocenters. The average Bonchev–Trinajstić information content (AvgIpc) is 2.95. The Hall–Kier alpha value is -1.87. The van der Waals surface area contributed by atoms with E-state index in [4.69, 9.17) is 6.57 Å². The number of aromatic nitrogens is 2. The van der Waals surface area contributed by atoms with Gasteiger partial charge in [-0.15, -0.1) is 0 Å². The van der Waals surface area contributed by atoms with Crippen molar-refractivity contribution in [3.63, 3.8) is 0 Å². The number of hydrogen-bond donors (Lipinski definition) is 1. The van der Waals surface area contributed by atoms with Crippen molar-refractivity contribution in [3.05, 3.63) is 23.9 Å². The molecule has 3 heterocycles. The second kappa shape index (κ2) is 4.07. The maximum absolute atomic E-state index is 12.4. The van der Waals surface area contributed by atoms with Gasteiger partial charge in [0.2, 0.25) is 5.91 Å². The minimum Gasteiger partial charge on any atom is -0.316 e. The van der Waals surface area contributed by atoms with Gasteiger partial charge in [-0.1, -0.05) is 0 Å². The predicted molar refractivity (Wildman–Crippen MR) is 70.1 cm³/mol. The summed E-state index contributed by atoms with van der Waals surface area (Å²) in [5.41, 5.74) is -0.493. The van der Waals surface area contributed by atoms with Crippen molar-refractivity contribution in [2.45, 2.75) is 39.0 Å². The molecule has 100 valence electrons. The summed E-state index contributed by atoms with van der Waals surface area (Å²) in [5.74, 6) is 0.773. The van der Waals surface area contributed by atoms with Gasteiger partial charge in [0.05, 0.1) is 24.4 Å². The molecule has 0 saturated carbocycles. The highest BCUT2D eigenvalue weighted by atomic mass is 16.2. The summed E-state index contributed by atoms with van der Waals surface area (Å²) in [4.78, 5) is 22.3. The summed E-state index contributed by atoms with van der Waals surface area (Å²) >= 11 is 0. The number of nitrogens with one attached hydrogen (secondary N) is 1. The van der Waals surface area contributed by atoms with Crippen LogP contribution >= 0.6 is 0 Å². The minimum atomic E-state index is -0.493. The van der Waals surface area contributed by atoms with E-state index in [1.165, 1.54) is 0 Å². The van der Waals surface area contributed by atoms with Gasteiger partial charge in [0.1, 0.15) is 5.82 Å². The monoisotopic (exact) mass is 259 g/mol. The number of likely N-dealkylation sites (tertiary alicyclic amines) is 1. The Balaban J connectivity index is 1.94. The quantitative estimate of drug-likeness (QED) is 0.771.